The zero-order valence-electron chi connectivity index (χ0n) is 20.9. The number of nitrogens with one attached hydrogen (secondary N) is 1. The van der Waals surface area contributed by atoms with Gasteiger partial charge in [0.2, 0.25) is 11.8 Å². The number of rotatable bonds is 5. The molecule has 0 bridgehead atoms. The number of aromatic nitrogens is 3. The highest BCUT2D eigenvalue weighted by Crippen LogP contribution is 2.34. The zero-order valence-corrected chi connectivity index (χ0v) is 21.7. The predicted octanol–water partition coefficient (Wildman–Crippen LogP) is 1.76. The van der Waals surface area contributed by atoms with Gasteiger partial charge in [-0.3, -0.25) is 24.6 Å². The Bertz CT molecular complexity index is 1480. The molecule has 7 rings (SSSR count). The summed E-state index contributed by atoms with van der Waals surface area (Å²) in [5.74, 6) is 0.351. The Morgan fingerprint density at radius 3 is 2.68 bits per heavy atom. The van der Waals surface area contributed by atoms with Crippen LogP contribution < -0.4 is 5.32 Å². The van der Waals surface area contributed by atoms with Crippen LogP contribution in [0, 0.1) is 0 Å². The predicted molar refractivity (Wildman–Crippen MR) is 140 cm³/mol. The summed E-state index contributed by atoms with van der Waals surface area (Å²) in [6, 6.07) is 7.33. The van der Waals surface area contributed by atoms with Crippen LogP contribution >= 0.6 is 0 Å². The van der Waals surface area contributed by atoms with Gasteiger partial charge in [-0.25, -0.2) is 9.97 Å². The Hall–Kier alpha value is -3.28. The van der Waals surface area contributed by atoms with Crippen LogP contribution in [0.3, 0.4) is 0 Å². The van der Waals surface area contributed by atoms with Gasteiger partial charge in [0.05, 0.1) is 12.0 Å². The minimum atomic E-state index is -0.782. The number of imidazole rings is 1. The third kappa shape index (κ3) is 4.00. The first-order valence-electron chi connectivity index (χ1n) is 13.2. The number of benzene rings is 1. The lowest BCUT2D eigenvalue weighted by Gasteiger charge is -2.29. The van der Waals surface area contributed by atoms with E-state index in [4.69, 9.17) is 9.97 Å². The van der Waals surface area contributed by atoms with Crippen LogP contribution in [0.25, 0.3) is 22.4 Å². The molecule has 11 heteroatoms. The number of hydrogen-bond donors (Lipinski definition) is 1. The van der Waals surface area contributed by atoms with Gasteiger partial charge in [-0.05, 0) is 72.9 Å². The second-order valence-electron chi connectivity index (χ2n) is 10.7. The molecule has 3 fully saturated rings. The van der Waals surface area contributed by atoms with E-state index in [1.807, 2.05) is 24.5 Å². The first kappa shape index (κ1) is 23.8. The summed E-state index contributed by atoms with van der Waals surface area (Å²) < 4.78 is 13.9. The highest BCUT2D eigenvalue weighted by Gasteiger charge is 2.39. The van der Waals surface area contributed by atoms with E-state index in [9.17, 15) is 18.9 Å². The summed E-state index contributed by atoms with van der Waals surface area (Å²) in [6.07, 6.45) is 4.80. The number of amides is 3. The molecule has 2 aromatic heterocycles. The highest BCUT2D eigenvalue weighted by atomic mass is 32.2. The van der Waals surface area contributed by atoms with Crippen LogP contribution in [0.4, 0.5) is 0 Å². The smallest absolute Gasteiger partial charge is 0.255 e. The molecule has 3 aromatic rings. The summed E-state index contributed by atoms with van der Waals surface area (Å²) in [7, 11) is 0. The van der Waals surface area contributed by atoms with Crippen LogP contribution in [0.1, 0.15) is 53.2 Å². The summed E-state index contributed by atoms with van der Waals surface area (Å²) in [5, 5.41) is 2.35. The first-order chi connectivity index (χ1) is 18.4. The van der Waals surface area contributed by atoms with Gasteiger partial charge in [0.15, 0.2) is 5.65 Å². The molecule has 4 aliphatic rings. The van der Waals surface area contributed by atoms with Crippen molar-refractivity contribution in [1.29, 1.82) is 0 Å². The van der Waals surface area contributed by atoms with E-state index in [1.54, 1.807) is 4.90 Å². The number of fused-ring (bicyclic) bond motifs is 2. The van der Waals surface area contributed by atoms with Crippen molar-refractivity contribution in [3.05, 3.63) is 47.3 Å². The lowest BCUT2D eigenvalue weighted by atomic mass is 10.0. The van der Waals surface area contributed by atoms with Gasteiger partial charge in [-0.15, -0.1) is 0 Å². The fraction of sp³-hybridized carbons (Fsp3) is 0.444. The minimum absolute atomic E-state index is 0.142. The fourth-order valence-electron chi connectivity index (χ4n) is 6.06. The Morgan fingerprint density at radius 1 is 1.11 bits per heavy atom. The molecule has 3 saturated heterocycles. The molecule has 10 nitrogen and oxygen atoms in total. The van der Waals surface area contributed by atoms with Crippen LogP contribution in [0.2, 0.25) is 0 Å². The van der Waals surface area contributed by atoms with E-state index in [-0.39, 0.29) is 24.3 Å². The van der Waals surface area contributed by atoms with E-state index in [0.29, 0.717) is 30.0 Å². The third-order valence-corrected chi connectivity index (χ3v) is 9.68. The summed E-state index contributed by atoms with van der Waals surface area (Å²) in [5.41, 5.74) is 5.95. The Kier molecular flexibility index (Phi) is 5.75. The van der Waals surface area contributed by atoms with E-state index >= 15 is 0 Å². The van der Waals surface area contributed by atoms with Crippen molar-refractivity contribution in [3.8, 4) is 11.3 Å². The second-order valence-corrected chi connectivity index (χ2v) is 12.2. The van der Waals surface area contributed by atoms with Gasteiger partial charge < -0.3 is 14.0 Å². The molecule has 196 valence electrons. The zero-order chi connectivity index (χ0) is 26.0. The largest absolute Gasteiger partial charge is 0.616 e. The van der Waals surface area contributed by atoms with Crippen molar-refractivity contribution in [3.63, 3.8) is 0 Å². The van der Waals surface area contributed by atoms with Crippen LogP contribution in [-0.4, -0.2) is 77.2 Å². The number of imide groups is 1. The molecule has 0 spiro atoms. The fourth-order valence-corrected chi connectivity index (χ4v) is 7.15. The molecule has 1 unspecified atom stereocenters. The Morgan fingerprint density at radius 2 is 1.92 bits per heavy atom. The quantitative estimate of drug-likeness (QED) is 0.392. The van der Waals surface area contributed by atoms with Gasteiger partial charge in [-0.1, -0.05) is 6.07 Å². The number of likely N-dealkylation sites (tertiary alicyclic amines) is 1. The van der Waals surface area contributed by atoms with Gasteiger partial charge >= 0.3 is 0 Å². The number of pyridine rings is 1. The Labute approximate surface area is 222 Å². The summed E-state index contributed by atoms with van der Waals surface area (Å²) >= 11 is -0.782. The molecule has 0 radical (unpaired) electrons. The van der Waals surface area contributed by atoms with Gasteiger partial charge in [-0.2, -0.15) is 0 Å². The van der Waals surface area contributed by atoms with Crippen molar-refractivity contribution in [2.24, 2.45) is 0 Å². The number of carbonyl (C=O) groups is 3. The van der Waals surface area contributed by atoms with Crippen molar-refractivity contribution in [1.82, 2.24) is 29.7 Å². The van der Waals surface area contributed by atoms with Crippen molar-refractivity contribution < 1.29 is 18.9 Å². The molecule has 1 aromatic carbocycles. The van der Waals surface area contributed by atoms with Crippen LogP contribution in [-0.2, 0) is 33.9 Å². The first-order valence-corrected chi connectivity index (χ1v) is 14.6. The van der Waals surface area contributed by atoms with Crippen molar-refractivity contribution in [2.45, 2.75) is 50.9 Å². The van der Waals surface area contributed by atoms with E-state index < -0.39 is 23.1 Å². The van der Waals surface area contributed by atoms with Crippen molar-refractivity contribution in [2.75, 3.05) is 24.6 Å². The molecular weight excluding hydrogens is 504 g/mol. The van der Waals surface area contributed by atoms with Crippen LogP contribution in [0.5, 0.6) is 0 Å². The number of nitrogens with zero attached hydrogens (tertiary/aromatic N) is 5. The Balaban J connectivity index is 1.24. The topological polar surface area (TPSA) is 123 Å². The van der Waals surface area contributed by atoms with Crippen molar-refractivity contribution >= 4 is 40.1 Å². The molecule has 38 heavy (non-hydrogen) atoms. The molecule has 6 heterocycles. The molecule has 1 atom stereocenters. The summed E-state index contributed by atoms with van der Waals surface area (Å²) in [4.78, 5) is 50.9. The average Bonchev–Trinajstić information content (AvgIpc) is 3.62. The minimum Gasteiger partial charge on any atom is -0.616 e. The molecule has 0 aliphatic carbocycles. The number of piperidine rings is 1. The molecule has 3 amide bonds. The molecule has 1 N–H and O–H groups in total. The lowest BCUT2D eigenvalue weighted by Crippen LogP contribution is -2.52. The standard InChI is InChI=1S/C27H28N6O4S/c34-23-6-5-22(26(35)30-23)32-12-17-9-16(3-4-20(17)27(32)36)21-10-18(11-31-7-1-2-8-31)24-25(29-21)33(15-28-24)19-13-38(37)14-19/h3-4,9-10,15,19,22H,1-2,5-8,11-14H2,(H,30,34,35). The average molecular weight is 533 g/mol. The maximum absolute atomic E-state index is 13.1. The SMILES string of the molecule is O=C1CCC(N2Cc3cc(-c4cc(CN5CCCC5)c5ncn(C6C[S+]([O-])C6)c5n4)ccc3C2=O)C(=O)N1. The van der Waals surface area contributed by atoms with Gasteiger partial charge in [0, 0.05) is 30.6 Å². The monoisotopic (exact) mass is 532 g/mol. The molecule has 0 saturated carbocycles. The number of hydrogen-bond acceptors (Lipinski definition) is 7. The number of carbonyl (C=O) groups excluding carboxylic acids is 3. The lowest BCUT2D eigenvalue weighted by molar-refractivity contribution is -0.136. The van der Waals surface area contributed by atoms with Gasteiger partial charge in [0.1, 0.15) is 29.1 Å². The maximum atomic E-state index is 13.1. The van der Waals surface area contributed by atoms with E-state index in [1.165, 1.54) is 12.8 Å². The molecule has 4 aliphatic heterocycles. The van der Waals surface area contributed by atoms with E-state index in [0.717, 1.165) is 53.2 Å². The molecular formula is C27H28N6O4S. The normalized spacial score (nSPS) is 25.7. The van der Waals surface area contributed by atoms with Crippen LogP contribution in [0.15, 0.2) is 30.6 Å². The third-order valence-electron chi connectivity index (χ3n) is 8.17. The summed E-state index contributed by atoms with van der Waals surface area (Å²) in [6.45, 7) is 3.26. The van der Waals surface area contributed by atoms with Gasteiger partial charge in [0.25, 0.3) is 5.91 Å². The van der Waals surface area contributed by atoms with E-state index in [2.05, 4.69) is 20.9 Å². The second kappa shape index (κ2) is 9.18. The highest BCUT2D eigenvalue weighted by molar-refractivity contribution is 7.92. The maximum Gasteiger partial charge on any atom is 0.255 e.